The molecule has 200 valence electrons. The number of nitrogens with zero attached hydrogens (tertiary/aromatic N) is 4. The van der Waals surface area contributed by atoms with Gasteiger partial charge in [0.25, 0.3) is 0 Å². The molecule has 0 fully saturated rings. The molecular formula is C32H28FN5OS. The van der Waals surface area contributed by atoms with E-state index in [4.69, 9.17) is 19.8 Å². The minimum atomic E-state index is -0.329. The molecule has 1 N–H and O–H groups in total. The lowest BCUT2D eigenvalue weighted by molar-refractivity contribution is 0.414. The van der Waals surface area contributed by atoms with Gasteiger partial charge in [0.05, 0.1) is 29.5 Å². The van der Waals surface area contributed by atoms with Gasteiger partial charge < -0.3 is 10.1 Å². The zero-order chi connectivity index (χ0) is 27.9. The van der Waals surface area contributed by atoms with E-state index in [2.05, 4.69) is 50.4 Å². The van der Waals surface area contributed by atoms with Crippen molar-refractivity contribution >= 4 is 45.2 Å². The van der Waals surface area contributed by atoms with Crippen LogP contribution in [-0.2, 0) is 5.41 Å². The van der Waals surface area contributed by atoms with E-state index >= 15 is 0 Å². The van der Waals surface area contributed by atoms with E-state index in [1.807, 2.05) is 48.5 Å². The van der Waals surface area contributed by atoms with Crippen molar-refractivity contribution in [3.8, 4) is 11.4 Å². The standard InChI is InChI=1S/C32H28FN5OS/c1-32(2,3)28-19-29(38(37-28)23-11-7-10-22(33)18-23)36-30-31(40-25-14-12-24(39-4)13-15-25)35-27-17-21-9-6-5-8-20(21)16-26(27)34-30/h5-19H,1-4H3,(H,34,36). The van der Waals surface area contributed by atoms with Crippen LogP contribution in [0, 0.1) is 5.82 Å². The Morgan fingerprint density at radius 2 is 1.52 bits per heavy atom. The first kappa shape index (κ1) is 25.8. The molecule has 0 atom stereocenters. The van der Waals surface area contributed by atoms with Crippen molar-refractivity contribution in [1.29, 1.82) is 0 Å². The van der Waals surface area contributed by atoms with Crippen molar-refractivity contribution in [1.82, 2.24) is 19.7 Å². The number of nitrogens with one attached hydrogen (secondary N) is 1. The van der Waals surface area contributed by atoms with Gasteiger partial charge in [0.2, 0.25) is 0 Å². The molecule has 4 aromatic carbocycles. The summed E-state index contributed by atoms with van der Waals surface area (Å²) >= 11 is 1.51. The highest BCUT2D eigenvalue weighted by molar-refractivity contribution is 7.99. The van der Waals surface area contributed by atoms with Crippen LogP contribution in [0.2, 0.25) is 0 Å². The van der Waals surface area contributed by atoms with Gasteiger partial charge in [0.15, 0.2) is 5.82 Å². The highest BCUT2D eigenvalue weighted by Gasteiger charge is 2.22. The van der Waals surface area contributed by atoms with E-state index in [1.54, 1.807) is 17.9 Å². The Morgan fingerprint density at radius 3 is 2.17 bits per heavy atom. The quantitative estimate of drug-likeness (QED) is 0.211. The summed E-state index contributed by atoms with van der Waals surface area (Å²) in [6, 6.07) is 28.5. The maximum Gasteiger partial charge on any atom is 0.165 e. The molecule has 0 aliphatic heterocycles. The third-order valence-electron chi connectivity index (χ3n) is 6.55. The minimum absolute atomic E-state index is 0.219. The largest absolute Gasteiger partial charge is 0.497 e. The number of fused-ring (bicyclic) bond motifs is 2. The monoisotopic (exact) mass is 549 g/mol. The second kappa shape index (κ2) is 10.3. The van der Waals surface area contributed by atoms with Crippen LogP contribution in [0.5, 0.6) is 5.75 Å². The van der Waals surface area contributed by atoms with Crippen LogP contribution >= 0.6 is 11.8 Å². The van der Waals surface area contributed by atoms with Crippen molar-refractivity contribution in [3.05, 3.63) is 103 Å². The second-order valence-electron chi connectivity index (χ2n) is 10.5. The van der Waals surface area contributed by atoms with Gasteiger partial charge in [-0.2, -0.15) is 5.10 Å². The van der Waals surface area contributed by atoms with Crippen LogP contribution in [0.4, 0.5) is 16.0 Å². The zero-order valence-electron chi connectivity index (χ0n) is 22.6. The Balaban J connectivity index is 1.50. The van der Waals surface area contributed by atoms with Gasteiger partial charge in [-0.05, 0) is 65.4 Å². The fourth-order valence-corrected chi connectivity index (χ4v) is 5.23. The van der Waals surface area contributed by atoms with Gasteiger partial charge in [-0.15, -0.1) is 0 Å². The predicted octanol–water partition coefficient (Wildman–Crippen LogP) is 8.31. The lowest BCUT2D eigenvalue weighted by Crippen LogP contribution is -2.12. The summed E-state index contributed by atoms with van der Waals surface area (Å²) in [6.45, 7) is 6.29. The summed E-state index contributed by atoms with van der Waals surface area (Å²) in [5, 5.41) is 11.2. The molecular weight excluding hydrogens is 521 g/mol. The van der Waals surface area contributed by atoms with Gasteiger partial charge in [-0.3, -0.25) is 0 Å². The number of rotatable bonds is 6. The molecule has 0 unspecified atom stereocenters. The maximum absolute atomic E-state index is 14.2. The second-order valence-corrected chi connectivity index (χ2v) is 11.6. The first-order valence-electron chi connectivity index (χ1n) is 12.9. The van der Waals surface area contributed by atoms with Crippen molar-refractivity contribution in [2.45, 2.75) is 36.1 Å². The number of benzene rings is 4. The molecule has 0 aliphatic carbocycles. The van der Waals surface area contributed by atoms with Crippen molar-refractivity contribution in [2.24, 2.45) is 0 Å². The molecule has 6 rings (SSSR count). The van der Waals surface area contributed by atoms with E-state index < -0.39 is 0 Å². The molecule has 0 spiro atoms. The van der Waals surface area contributed by atoms with Crippen LogP contribution in [0.3, 0.4) is 0 Å². The van der Waals surface area contributed by atoms with E-state index in [9.17, 15) is 4.39 Å². The number of anilines is 2. The van der Waals surface area contributed by atoms with Crippen molar-refractivity contribution < 1.29 is 9.13 Å². The number of aromatic nitrogens is 4. The Morgan fingerprint density at radius 1 is 0.825 bits per heavy atom. The molecule has 2 aromatic heterocycles. The predicted molar refractivity (Wildman–Crippen MR) is 160 cm³/mol. The van der Waals surface area contributed by atoms with Crippen LogP contribution in [0.15, 0.2) is 101 Å². The van der Waals surface area contributed by atoms with Crippen molar-refractivity contribution in [3.63, 3.8) is 0 Å². The van der Waals surface area contributed by atoms with Crippen LogP contribution in [0.25, 0.3) is 27.5 Å². The highest BCUT2D eigenvalue weighted by Crippen LogP contribution is 2.36. The Labute approximate surface area is 236 Å². The van der Waals surface area contributed by atoms with E-state index in [0.29, 0.717) is 22.3 Å². The number of halogens is 1. The molecule has 0 amide bonds. The van der Waals surface area contributed by atoms with Crippen LogP contribution < -0.4 is 10.1 Å². The molecule has 40 heavy (non-hydrogen) atoms. The van der Waals surface area contributed by atoms with E-state index in [1.165, 1.54) is 23.9 Å². The first-order chi connectivity index (χ1) is 19.3. The molecule has 6 aromatic rings. The maximum atomic E-state index is 14.2. The number of ether oxygens (including phenoxy) is 1. The molecule has 2 heterocycles. The Hall–Kier alpha value is -4.43. The summed E-state index contributed by atoms with van der Waals surface area (Å²) in [4.78, 5) is 11.1. The zero-order valence-corrected chi connectivity index (χ0v) is 23.5. The molecule has 0 radical (unpaired) electrons. The fourth-order valence-electron chi connectivity index (χ4n) is 4.40. The summed E-state index contributed by atoms with van der Waals surface area (Å²) in [5.74, 6) is 1.71. The molecule has 0 saturated carbocycles. The average molecular weight is 550 g/mol. The summed E-state index contributed by atoms with van der Waals surface area (Å²) < 4.78 is 21.3. The summed E-state index contributed by atoms with van der Waals surface area (Å²) in [7, 11) is 1.65. The number of hydrogen-bond donors (Lipinski definition) is 1. The van der Waals surface area contributed by atoms with Crippen LogP contribution in [0.1, 0.15) is 26.5 Å². The van der Waals surface area contributed by atoms with Crippen molar-refractivity contribution in [2.75, 3.05) is 12.4 Å². The molecule has 0 aliphatic rings. The molecule has 0 bridgehead atoms. The lowest BCUT2D eigenvalue weighted by Gasteiger charge is -2.14. The first-order valence-corrected chi connectivity index (χ1v) is 13.7. The van der Waals surface area contributed by atoms with E-state index in [-0.39, 0.29) is 11.2 Å². The van der Waals surface area contributed by atoms with Gasteiger partial charge in [-0.1, -0.05) is 62.9 Å². The highest BCUT2D eigenvalue weighted by atomic mass is 32.2. The SMILES string of the molecule is COc1ccc(Sc2nc3cc4ccccc4cc3nc2Nc2cc(C(C)(C)C)nn2-c2cccc(F)c2)cc1. The molecule has 0 saturated heterocycles. The Kier molecular flexibility index (Phi) is 6.64. The number of hydrogen-bond acceptors (Lipinski definition) is 6. The third-order valence-corrected chi connectivity index (χ3v) is 7.54. The topological polar surface area (TPSA) is 64.9 Å². The van der Waals surface area contributed by atoms with Gasteiger partial charge in [0, 0.05) is 16.4 Å². The van der Waals surface area contributed by atoms with Gasteiger partial charge in [0.1, 0.15) is 22.4 Å². The van der Waals surface area contributed by atoms with Gasteiger partial charge in [-0.25, -0.2) is 19.0 Å². The number of methoxy groups -OCH3 is 1. The lowest BCUT2D eigenvalue weighted by atomic mass is 9.92. The van der Waals surface area contributed by atoms with E-state index in [0.717, 1.165) is 38.1 Å². The third kappa shape index (κ3) is 5.22. The smallest absolute Gasteiger partial charge is 0.165 e. The average Bonchev–Trinajstić information content (AvgIpc) is 3.37. The normalized spacial score (nSPS) is 11.7. The summed E-state index contributed by atoms with van der Waals surface area (Å²) in [5.41, 5.74) is 2.83. The Bertz CT molecular complexity index is 1840. The fraction of sp³-hybridized carbons (Fsp3) is 0.156. The molecule has 8 heteroatoms. The molecule has 6 nitrogen and oxygen atoms in total. The van der Waals surface area contributed by atoms with Gasteiger partial charge >= 0.3 is 0 Å². The minimum Gasteiger partial charge on any atom is -0.497 e. The summed E-state index contributed by atoms with van der Waals surface area (Å²) in [6.07, 6.45) is 0. The van der Waals surface area contributed by atoms with Crippen LogP contribution in [-0.4, -0.2) is 26.9 Å².